The van der Waals surface area contributed by atoms with E-state index in [1.165, 1.54) is 10.9 Å². The molecule has 0 fully saturated rings. The lowest BCUT2D eigenvalue weighted by molar-refractivity contribution is -0.122. The first kappa shape index (κ1) is 15.0. The summed E-state index contributed by atoms with van der Waals surface area (Å²) in [6, 6.07) is 10.7. The Hall–Kier alpha value is -2.89. The van der Waals surface area contributed by atoms with Crippen LogP contribution in [0.4, 0.5) is 0 Å². The Kier molecular flexibility index (Phi) is 4.23. The van der Waals surface area contributed by atoms with Gasteiger partial charge in [-0.05, 0) is 31.2 Å². The van der Waals surface area contributed by atoms with E-state index in [0.29, 0.717) is 17.3 Å². The second-order valence-corrected chi connectivity index (χ2v) is 5.45. The van der Waals surface area contributed by atoms with Crippen LogP contribution in [-0.2, 0) is 17.8 Å². The number of furan rings is 1. The average molecular weight is 311 g/mol. The van der Waals surface area contributed by atoms with Crippen molar-refractivity contribution in [3.63, 3.8) is 0 Å². The first-order valence-corrected chi connectivity index (χ1v) is 7.39. The number of amides is 1. The van der Waals surface area contributed by atoms with Gasteiger partial charge in [0.25, 0.3) is 5.56 Å². The number of carbonyl (C=O) groups excluding carboxylic acids is 1. The third kappa shape index (κ3) is 3.48. The van der Waals surface area contributed by atoms with Crippen LogP contribution in [0.2, 0.25) is 0 Å². The predicted octanol–water partition coefficient (Wildman–Crippen LogP) is 1.74. The molecule has 3 aromatic rings. The van der Waals surface area contributed by atoms with Crippen LogP contribution in [0.3, 0.4) is 0 Å². The van der Waals surface area contributed by atoms with E-state index < -0.39 is 0 Å². The molecule has 0 aliphatic carbocycles. The van der Waals surface area contributed by atoms with Crippen molar-refractivity contribution in [1.82, 2.24) is 14.9 Å². The number of benzene rings is 1. The summed E-state index contributed by atoms with van der Waals surface area (Å²) in [5, 5.41) is 3.36. The molecule has 3 rings (SSSR count). The van der Waals surface area contributed by atoms with Crippen LogP contribution >= 0.6 is 0 Å². The van der Waals surface area contributed by atoms with Gasteiger partial charge in [-0.3, -0.25) is 14.2 Å². The minimum Gasteiger partial charge on any atom is -0.469 e. The molecule has 0 radical (unpaired) electrons. The first-order chi connectivity index (χ1) is 11.1. The molecule has 1 unspecified atom stereocenters. The zero-order valence-corrected chi connectivity index (χ0v) is 12.7. The molecule has 0 saturated carbocycles. The van der Waals surface area contributed by atoms with Gasteiger partial charge in [-0.15, -0.1) is 0 Å². The van der Waals surface area contributed by atoms with Gasteiger partial charge < -0.3 is 9.73 Å². The Morgan fingerprint density at radius 3 is 2.91 bits per heavy atom. The summed E-state index contributed by atoms with van der Waals surface area (Å²) >= 11 is 0. The van der Waals surface area contributed by atoms with Gasteiger partial charge in [-0.1, -0.05) is 12.1 Å². The first-order valence-electron chi connectivity index (χ1n) is 7.39. The zero-order valence-electron chi connectivity index (χ0n) is 12.7. The van der Waals surface area contributed by atoms with Crippen molar-refractivity contribution < 1.29 is 9.21 Å². The number of para-hydroxylation sites is 1. The number of rotatable bonds is 5. The maximum atomic E-state index is 12.3. The van der Waals surface area contributed by atoms with E-state index in [1.807, 2.05) is 25.1 Å². The SMILES string of the molecule is CC(Cc1ccco1)NC(=O)Cn1cnc2ccccc2c1=O. The minimum absolute atomic E-state index is 0.0564. The van der Waals surface area contributed by atoms with Crippen LogP contribution in [0.5, 0.6) is 0 Å². The molecule has 0 spiro atoms. The third-order valence-electron chi connectivity index (χ3n) is 3.54. The van der Waals surface area contributed by atoms with Gasteiger partial charge in [0.15, 0.2) is 0 Å². The minimum atomic E-state index is -0.233. The summed E-state index contributed by atoms with van der Waals surface area (Å²) in [7, 11) is 0. The Bertz CT molecular complexity index is 868. The fraction of sp³-hybridized carbons (Fsp3) is 0.235. The number of aromatic nitrogens is 2. The summed E-state index contributed by atoms with van der Waals surface area (Å²) in [6.45, 7) is 1.83. The lowest BCUT2D eigenvalue weighted by Crippen LogP contribution is -2.38. The van der Waals surface area contributed by atoms with Crippen LogP contribution in [0.15, 0.2) is 58.2 Å². The summed E-state index contributed by atoms with van der Waals surface area (Å²) < 4.78 is 6.57. The highest BCUT2D eigenvalue weighted by atomic mass is 16.3. The fourth-order valence-electron chi connectivity index (χ4n) is 2.48. The molecule has 0 aliphatic rings. The number of nitrogens with zero attached hydrogens (tertiary/aromatic N) is 2. The van der Waals surface area contributed by atoms with Crippen LogP contribution in [0.1, 0.15) is 12.7 Å². The molecule has 0 aliphatic heterocycles. The molecule has 0 bridgehead atoms. The molecule has 1 N–H and O–H groups in total. The van der Waals surface area contributed by atoms with Crippen LogP contribution in [0, 0.1) is 0 Å². The Morgan fingerprint density at radius 2 is 2.13 bits per heavy atom. The summed E-state index contributed by atoms with van der Waals surface area (Å²) in [4.78, 5) is 28.6. The molecule has 2 heterocycles. The molecule has 0 saturated heterocycles. The van der Waals surface area contributed by atoms with Crippen molar-refractivity contribution >= 4 is 16.8 Å². The standard InChI is InChI=1S/C17H17N3O3/c1-12(9-13-5-4-8-23-13)19-16(21)10-20-11-18-15-7-3-2-6-14(15)17(20)22/h2-8,11-12H,9-10H2,1H3,(H,19,21). The van der Waals surface area contributed by atoms with Crippen LogP contribution in [-0.4, -0.2) is 21.5 Å². The third-order valence-corrected chi connectivity index (χ3v) is 3.54. The van der Waals surface area contributed by atoms with Gasteiger partial charge in [0.1, 0.15) is 12.3 Å². The predicted molar refractivity (Wildman–Crippen MR) is 86.0 cm³/mol. The van der Waals surface area contributed by atoms with Crippen molar-refractivity contribution in [1.29, 1.82) is 0 Å². The lowest BCUT2D eigenvalue weighted by Gasteiger charge is -2.13. The largest absolute Gasteiger partial charge is 0.469 e. The molecule has 6 heteroatoms. The number of nitrogens with one attached hydrogen (secondary N) is 1. The topological polar surface area (TPSA) is 77.1 Å². The van der Waals surface area contributed by atoms with Crippen molar-refractivity contribution in [2.75, 3.05) is 0 Å². The van der Waals surface area contributed by atoms with Gasteiger partial charge in [0, 0.05) is 12.5 Å². The monoisotopic (exact) mass is 311 g/mol. The summed E-state index contributed by atoms with van der Waals surface area (Å²) in [5.41, 5.74) is 0.407. The van der Waals surface area contributed by atoms with E-state index in [4.69, 9.17) is 4.42 Å². The number of fused-ring (bicyclic) bond motifs is 1. The highest BCUT2D eigenvalue weighted by Gasteiger charge is 2.12. The molecule has 1 atom stereocenters. The van der Waals surface area contributed by atoms with Gasteiger partial charge in [-0.25, -0.2) is 4.98 Å². The molecular weight excluding hydrogens is 294 g/mol. The van der Waals surface area contributed by atoms with E-state index in [9.17, 15) is 9.59 Å². The maximum Gasteiger partial charge on any atom is 0.261 e. The Morgan fingerprint density at radius 1 is 1.30 bits per heavy atom. The number of carbonyl (C=O) groups is 1. The highest BCUT2D eigenvalue weighted by molar-refractivity contribution is 5.79. The van der Waals surface area contributed by atoms with Crippen molar-refractivity contribution in [3.8, 4) is 0 Å². The lowest BCUT2D eigenvalue weighted by atomic mass is 10.2. The molecule has 2 aromatic heterocycles. The maximum absolute atomic E-state index is 12.3. The van der Waals surface area contributed by atoms with Gasteiger partial charge in [0.2, 0.25) is 5.91 Å². The van der Waals surface area contributed by atoms with Crippen molar-refractivity contribution in [3.05, 3.63) is 65.1 Å². The molecule has 1 amide bonds. The van der Waals surface area contributed by atoms with Gasteiger partial charge in [0.05, 0.1) is 23.5 Å². The van der Waals surface area contributed by atoms with E-state index in [-0.39, 0.29) is 24.1 Å². The van der Waals surface area contributed by atoms with E-state index in [0.717, 1.165) is 5.76 Å². The van der Waals surface area contributed by atoms with Crippen LogP contribution in [0.25, 0.3) is 10.9 Å². The van der Waals surface area contributed by atoms with Crippen molar-refractivity contribution in [2.45, 2.75) is 25.9 Å². The van der Waals surface area contributed by atoms with Crippen molar-refractivity contribution in [2.24, 2.45) is 0 Å². The summed E-state index contributed by atoms with van der Waals surface area (Å²) in [6.07, 6.45) is 3.61. The zero-order chi connectivity index (χ0) is 16.2. The van der Waals surface area contributed by atoms with E-state index >= 15 is 0 Å². The second-order valence-electron chi connectivity index (χ2n) is 5.45. The number of hydrogen-bond donors (Lipinski definition) is 1. The van der Waals surface area contributed by atoms with Crippen LogP contribution < -0.4 is 10.9 Å². The molecule has 23 heavy (non-hydrogen) atoms. The molecule has 118 valence electrons. The summed E-state index contributed by atoms with van der Waals surface area (Å²) in [5.74, 6) is 0.575. The Balaban J connectivity index is 1.68. The molecule has 1 aromatic carbocycles. The smallest absolute Gasteiger partial charge is 0.261 e. The molecule has 6 nitrogen and oxygen atoms in total. The normalized spacial score (nSPS) is 12.2. The quantitative estimate of drug-likeness (QED) is 0.778. The van der Waals surface area contributed by atoms with Gasteiger partial charge in [-0.2, -0.15) is 0 Å². The number of hydrogen-bond acceptors (Lipinski definition) is 4. The van der Waals surface area contributed by atoms with Gasteiger partial charge >= 0.3 is 0 Å². The highest BCUT2D eigenvalue weighted by Crippen LogP contribution is 2.05. The Labute approximate surface area is 132 Å². The average Bonchev–Trinajstić information content (AvgIpc) is 3.03. The van der Waals surface area contributed by atoms with E-state index in [1.54, 1.807) is 24.5 Å². The van der Waals surface area contributed by atoms with E-state index in [2.05, 4.69) is 10.3 Å². The fourth-order valence-corrected chi connectivity index (χ4v) is 2.48. The molecular formula is C17H17N3O3. The second kappa shape index (κ2) is 6.48.